The first kappa shape index (κ1) is 26.3. The molecule has 0 radical (unpaired) electrons. The maximum atomic E-state index is 12.7. The van der Waals surface area contributed by atoms with Crippen LogP contribution in [0, 0.1) is 5.92 Å². The number of anilines is 1. The molecule has 0 bridgehead atoms. The van der Waals surface area contributed by atoms with E-state index in [1.54, 1.807) is 6.07 Å². The van der Waals surface area contributed by atoms with Gasteiger partial charge in [0.25, 0.3) is 0 Å². The van der Waals surface area contributed by atoms with Crippen LogP contribution in [0.15, 0.2) is 54.6 Å². The van der Waals surface area contributed by atoms with Gasteiger partial charge in [-0.15, -0.1) is 13.2 Å². The van der Waals surface area contributed by atoms with Gasteiger partial charge in [0.05, 0.1) is 5.60 Å². The van der Waals surface area contributed by atoms with Crippen molar-refractivity contribution < 1.29 is 27.8 Å². The smallest absolute Gasteiger partial charge is 0.406 e. The quantitative estimate of drug-likeness (QED) is 0.559. The summed E-state index contributed by atoms with van der Waals surface area (Å²) in [4.78, 5) is 17.0. The van der Waals surface area contributed by atoms with Crippen LogP contribution < -0.4 is 15.0 Å². The van der Waals surface area contributed by atoms with Crippen molar-refractivity contribution in [1.82, 2.24) is 10.2 Å². The number of ether oxygens (including phenoxy) is 1. The van der Waals surface area contributed by atoms with Gasteiger partial charge in [-0.1, -0.05) is 36.4 Å². The van der Waals surface area contributed by atoms with Gasteiger partial charge < -0.3 is 20.1 Å². The number of rotatable bonds is 8. The predicted octanol–water partition coefficient (Wildman–Crippen LogP) is 4.34. The number of carbonyl (C=O) groups excluding carboxylic acids is 1. The first-order valence-electron chi connectivity index (χ1n) is 12.6. The number of likely N-dealkylation sites (tertiary alicyclic amines) is 1. The van der Waals surface area contributed by atoms with Crippen molar-refractivity contribution in [1.29, 1.82) is 0 Å². The van der Waals surface area contributed by atoms with Crippen LogP contribution in [0.4, 0.5) is 18.9 Å². The third-order valence-corrected chi connectivity index (χ3v) is 7.21. The Balaban J connectivity index is 1.16. The van der Waals surface area contributed by atoms with Gasteiger partial charge in [0.2, 0.25) is 5.91 Å². The normalized spacial score (nSPS) is 19.2. The molecule has 2 N–H and O–H groups in total. The van der Waals surface area contributed by atoms with Crippen LogP contribution in [0.5, 0.6) is 5.75 Å². The fourth-order valence-corrected chi connectivity index (χ4v) is 5.06. The average molecular weight is 506 g/mol. The van der Waals surface area contributed by atoms with Crippen LogP contribution >= 0.6 is 0 Å². The largest absolute Gasteiger partial charge is 0.573 e. The molecular weight excluding hydrogens is 471 g/mol. The van der Waals surface area contributed by atoms with E-state index in [9.17, 15) is 23.1 Å². The van der Waals surface area contributed by atoms with Crippen LogP contribution in [-0.2, 0) is 11.3 Å². The van der Waals surface area contributed by atoms with Gasteiger partial charge in [0, 0.05) is 56.9 Å². The molecule has 0 saturated carbocycles. The molecule has 2 heterocycles. The lowest BCUT2D eigenvalue weighted by atomic mass is 9.88. The third kappa shape index (κ3) is 7.61. The number of hydrogen-bond acceptors (Lipinski definition) is 5. The summed E-state index contributed by atoms with van der Waals surface area (Å²) in [6.45, 7) is 4.13. The summed E-state index contributed by atoms with van der Waals surface area (Å²) in [5.74, 6) is -0.407. The Labute approximate surface area is 210 Å². The zero-order chi connectivity index (χ0) is 25.6. The highest BCUT2D eigenvalue weighted by molar-refractivity contribution is 5.79. The summed E-state index contributed by atoms with van der Waals surface area (Å²) in [5, 5.41) is 14.0. The first-order chi connectivity index (χ1) is 17.2. The number of amides is 1. The first-order valence-corrected chi connectivity index (χ1v) is 12.6. The standard InChI is InChI=1S/C27H34F3N3O3/c28-27(29,30)36-24-8-4-7-23(19-24)33-15-9-22(10-16-33)25(34)31-14-11-26(35)12-17-32(18-13-26)20-21-5-2-1-3-6-21/h1-8,19,22,35H,9-18,20H2,(H,31,34). The van der Waals surface area contributed by atoms with E-state index in [1.165, 1.54) is 23.8 Å². The van der Waals surface area contributed by atoms with Crippen LogP contribution in [0.3, 0.4) is 0 Å². The molecule has 0 unspecified atom stereocenters. The van der Waals surface area contributed by atoms with E-state index in [-0.39, 0.29) is 17.6 Å². The maximum Gasteiger partial charge on any atom is 0.573 e. The molecule has 0 aliphatic carbocycles. The van der Waals surface area contributed by atoms with Crippen molar-refractivity contribution in [2.24, 2.45) is 5.92 Å². The minimum atomic E-state index is -4.73. The zero-order valence-electron chi connectivity index (χ0n) is 20.3. The van der Waals surface area contributed by atoms with E-state index >= 15 is 0 Å². The maximum absolute atomic E-state index is 12.7. The SMILES string of the molecule is O=C(NCCC1(O)CCN(Cc2ccccc2)CC1)C1CCN(c2cccc(OC(F)(F)F)c2)CC1. The van der Waals surface area contributed by atoms with Gasteiger partial charge in [-0.25, -0.2) is 0 Å². The Morgan fingerprint density at radius 3 is 2.39 bits per heavy atom. The Morgan fingerprint density at radius 1 is 1.03 bits per heavy atom. The summed E-state index contributed by atoms with van der Waals surface area (Å²) >= 11 is 0. The van der Waals surface area contributed by atoms with Crippen LogP contribution in [0.2, 0.25) is 0 Å². The number of halogens is 3. The molecule has 2 aromatic rings. The van der Waals surface area contributed by atoms with Gasteiger partial charge in [-0.05, 0) is 49.8 Å². The molecular formula is C27H34F3N3O3. The summed E-state index contributed by atoms with van der Waals surface area (Å²) in [6.07, 6.45) is -1.58. The van der Waals surface area contributed by atoms with E-state index in [1.807, 2.05) is 23.1 Å². The Morgan fingerprint density at radius 2 is 1.72 bits per heavy atom. The highest BCUT2D eigenvalue weighted by Gasteiger charge is 2.33. The van der Waals surface area contributed by atoms with Gasteiger partial charge in [-0.3, -0.25) is 9.69 Å². The lowest BCUT2D eigenvalue weighted by molar-refractivity contribution is -0.274. The molecule has 2 aliphatic heterocycles. The van der Waals surface area contributed by atoms with Crippen molar-refractivity contribution in [2.75, 3.05) is 37.6 Å². The number of nitrogens with one attached hydrogen (secondary N) is 1. The second kappa shape index (κ2) is 11.5. The zero-order valence-corrected chi connectivity index (χ0v) is 20.3. The van der Waals surface area contributed by atoms with Crippen LogP contribution in [-0.4, -0.2) is 60.6 Å². The van der Waals surface area contributed by atoms with Crippen LogP contribution in [0.25, 0.3) is 0 Å². The number of alkyl halides is 3. The molecule has 2 saturated heterocycles. The third-order valence-electron chi connectivity index (χ3n) is 7.21. The van der Waals surface area contributed by atoms with Crippen molar-refractivity contribution in [2.45, 2.75) is 50.6 Å². The number of aliphatic hydroxyl groups is 1. The molecule has 36 heavy (non-hydrogen) atoms. The summed E-state index contributed by atoms with van der Waals surface area (Å²) < 4.78 is 41.5. The number of piperidine rings is 2. The summed E-state index contributed by atoms with van der Waals surface area (Å²) in [6, 6.07) is 16.2. The second-order valence-electron chi connectivity index (χ2n) is 9.83. The lowest BCUT2D eigenvalue weighted by Crippen LogP contribution is -2.46. The van der Waals surface area contributed by atoms with E-state index < -0.39 is 12.0 Å². The fourth-order valence-electron chi connectivity index (χ4n) is 5.06. The Hall–Kier alpha value is -2.78. The minimum absolute atomic E-state index is 0.0195. The lowest BCUT2D eigenvalue weighted by Gasteiger charge is -2.38. The van der Waals surface area contributed by atoms with Crippen molar-refractivity contribution in [3.8, 4) is 5.75 Å². The molecule has 9 heteroatoms. The number of benzene rings is 2. The average Bonchev–Trinajstić information content (AvgIpc) is 2.85. The molecule has 2 fully saturated rings. The number of nitrogens with zero attached hydrogens (tertiary/aromatic N) is 2. The molecule has 1 amide bonds. The molecule has 2 aliphatic rings. The molecule has 0 spiro atoms. The Kier molecular flexibility index (Phi) is 8.41. The number of hydrogen-bond donors (Lipinski definition) is 2. The number of carbonyl (C=O) groups is 1. The molecule has 4 rings (SSSR count). The van der Waals surface area contributed by atoms with Gasteiger partial charge in [0.15, 0.2) is 0 Å². The fraction of sp³-hybridized carbons (Fsp3) is 0.519. The highest BCUT2D eigenvalue weighted by Crippen LogP contribution is 2.30. The molecule has 0 aromatic heterocycles. The minimum Gasteiger partial charge on any atom is -0.406 e. The Bertz CT molecular complexity index is 987. The van der Waals surface area contributed by atoms with E-state index in [0.29, 0.717) is 57.4 Å². The molecule has 196 valence electrons. The van der Waals surface area contributed by atoms with Crippen molar-refractivity contribution in [3.63, 3.8) is 0 Å². The molecule has 2 aromatic carbocycles. The highest BCUT2D eigenvalue weighted by atomic mass is 19.4. The monoisotopic (exact) mass is 505 g/mol. The van der Waals surface area contributed by atoms with Gasteiger partial charge >= 0.3 is 6.36 Å². The van der Waals surface area contributed by atoms with Crippen molar-refractivity contribution in [3.05, 3.63) is 60.2 Å². The molecule has 0 atom stereocenters. The summed E-state index contributed by atoms with van der Waals surface area (Å²) in [7, 11) is 0. The van der Waals surface area contributed by atoms with E-state index in [4.69, 9.17) is 0 Å². The summed E-state index contributed by atoms with van der Waals surface area (Å²) in [5.41, 5.74) is 1.16. The van der Waals surface area contributed by atoms with Gasteiger partial charge in [-0.2, -0.15) is 0 Å². The van der Waals surface area contributed by atoms with Gasteiger partial charge in [0.1, 0.15) is 5.75 Å². The van der Waals surface area contributed by atoms with Crippen molar-refractivity contribution >= 4 is 11.6 Å². The van der Waals surface area contributed by atoms with E-state index in [2.05, 4.69) is 27.1 Å². The van der Waals surface area contributed by atoms with E-state index in [0.717, 1.165) is 19.6 Å². The molecule has 6 nitrogen and oxygen atoms in total. The second-order valence-corrected chi connectivity index (χ2v) is 9.83. The van der Waals surface area contributed by atoms with Crippen LogP contribution in [0.1, 0.15) is 37.7 Å². The predicted molar refractivity (Wildman–Crippen MR) is 132 cm³/mol. The topological polar surface area (TPSA) is 65.0 Å².